The monoisotopic (exact) mass is 1540 g/mol. The quantitative estimate of drug-likeness (QED) is 0.0126. The van der Waals surface area contributed by atoms with E-state index in [1.54, 1.807) is 0 Å². The number of hydrogen-bond donors (Lipinski definition) is 18. The summed E-state index contributed by atoms with van der Waals surface area (Å²) in [6, 6.07) is -0.509. The number of ether oxygens (including phenoxy) is 11. The Bertz CT molecular complexity index is 3210. The SMILES string of the molecule is CO[C@@H]1C(OC=O)O[C@@H](O[C@@H]2C(CO)O[C@H](O[C@@H]3C(OC=O)O[C@@H](OCCNC(=O)CCCN4C(=O)CC(SCCCC(=O)NCC(=O)CC[C@H]5C([C@H](O)[C@H](O)CO)O[C@](OP(=O)(O)OC[C@H]6O[C@@H](n7ccc(N)nc7=O)C(O)[C@H]6O)(C(=O)O)C[C@H]5O)C4=O)C(O)[C@H]3O)C(NC(C)=O)[C@H]2O)C(O)[C@H]1O. The van der Waals surface area contributed by atoms with Gasteiger partial charge in [0.2, 0.25) is 42.1 Å². The number of ketones is 1. The zero-order valence-electron chi connectivity index (χ0n) is 55.4. The van der Waals surface area contributed by atoms with Crippen molar-refractivity contribution in [2.24, 2.45) is 5.92 Å². The third-order valence-electron chi connectivity index (χ3n) is 17.4. The standard InChI is InChI=1S/C57H86N7O38PS/c1-23(69)61-35-38(78)45(97-52-43(83)39(79)46(90-2)53(100-52)92-21-67)28(19-66)96-50(35)98-47-40(80)42(82)51(99-54(47)93-22-68)91-13-10-59-32(73)5-3-11-63-34(75)15-30(48(63)84)104-14-4-6-33(74)60-17-24(70)7-8-25-26(71)16-57(55(85)86,101-44(25)36(76)27(72)18-65)102-103(88,89)94-20-29-37(77)41(81)49(95-29)64-12-9-31(58)62-56(64)87/h9,12,21-22,25-30,35-47,49-54,65-66,71-72,76-83H,3-8,10-11,13-20H2,1-2H3,(H,59,73)(H,60,74)(H,61,69)(H,85,86)(H,88,89)(H2,58,62,87)/t25-,26-,27-,28?,29-,30?,35?,36-,37+,38-,39-,40-,41?,42?,43?,44?,45-,46+,47+,49-,50-,51-,52-,53?,54?,57-/m1/s1. The molecular formula is C57H86N7O38PS. The van der Waals surface area contributed by atoms with Gasteiger partial charge in [0.05, 0.1) is 50.4 Å². The van der Waals surface area contributed by atoms with Crippen LogP contribution in [0.15, 0.2) is 17.1 Å². The van der Waals surface area contributed by atoms with Gasteiger partial charge in [0.1, 0.15) is 91.2 Å². The number of nitrogens with one attached hydrogen (secondary N) is 3. The highest BCUT2D eigenvalue weighted by atomic mass is 32.2. The summed E-state index contributed by atoms with van der Waals surface area (Å²) in [5.74, 6) is -10.6. The fraction of sp³-hybridized carbons (Fsp3) is 0.772. The minimum atomic E-state index is -5.69. The topological polar surface area (TPSA) is 674 Å². The molecule has 47 heteroatoms. The van der Waals surface area contributed by atoms with E-state index in [0.717, 1.165) is 41.5 Å². The maximum atomic E-state index is 13.3. The number of carboxylic acids is 1. The van der Waals surface area contributed by atoms with Gasteiger partial charge in [-0.3, -0.25) is 52.3 Å². The predicted molar refractivity (Wildman–Crippen MR) is 332 cm³/mol. The first-order valence-corrected chi connectivity index (χ1v) is 34.8. The molecule has 6 aliphatic heterocycles. The first kappa shape index (κ1) is 85.2. The lowest BCUT2D eigenvalue weighted by Crippen LogP contribution is -2.69. The molecule has 0 bridgehead atoms. The number of anilines is 1. The highest BCUT2D eigenvalue weighted by Crippen LogP contribution is 2.52. The predicted octanol–water partition coefficient (Wildman–Crippen LogP) is -10.6. The van der Waals surface area contributed by atoms with Crippen LogP contribution in [-0.2, 0) is 109 Å². The number of aliphatic carboxylic acids is 1. The number of aliphatic hydroxyl groups excluding tert-OH is 12. The van der Waals surface area contributed by atoms with E-state index in [9.17, 15) is 124 Å². The molecule has 19 N–H and O–H groups in total. The Morgan fingerprint density at radius 3 is 2.10 bits per heavy atom. The molecule has 104 heavy (non-hydrogen) atoms. The lowest BCUT2D eigenvalue weighted by molar-refractivity contribution is -0.389. The fourth-order valence-corrected chi connectivity index (χ4v) is 14.1. The van der Waals surface area contributed by atoms with Crippen molar-refractivity contribution in [2.75, 3.05) is 64.7 Å². The molecule has 0 aliphatic carbocycles. The summed E-state index contributed by atoms with van der Waals surface area (Å²) in [6.07, 6.45) is -42.1. The number of amides is 5. The van der Waals surface area contributed by atoms with Crippen LogP contribution in [0.1, 0.15) is 64.5 Å². The van der Waals surface area contributed by atoms with Gasteiger partial charge in [-0.1, -0.05) is 0 Å². The van der Waals surface area contributed by atoms with Gasteiger partial charge >= 0.3 is 19.5 Å². The van der Waals surface area contributed by atoms with Crippen LogP contribution in [0.4, 0.5) is 5.82 Å². The van der Waals surface area contributed by atoms with Crippen LogP contribution < -0.4 is 27.4 Å². The Morgan fingerprint density at radius 1 is 0.808 bits per heavy atom. The smallest absolute Gasteiger partial charge is 0.475 e. The van der Waals surface area contributed by atoms with Crippen LogP contribution in [0.3, 0.4) is 0 Å². The number of phosphoric ester groups is 1. The molecule has 1 aromatic heterocycles. The van der Waals surface area contributed by atoms with Gasteiger partial charge in [-0.25, -0.2) is 18.7 Å². The summed E-state index contributed by atoms with van der Waals surface area (Å²) < 4.78 is 83.5. The summed E-state index contributed by atoms with van der Waals surface area (Å²) in [4.78, 5) is 140. The second-order valence-electron chi connectivity index (χ2n) is 24.5. The number of carbonyl (C=O) groups excluding carboxylic acids is 8. The maximum absolute atomic E-state index is 13.3. The number of likely N-dealkylation sites (tertiary alicyclic amines) is 1. The van der Waals surface area contributed by atoms with Crippen LogP contribution in [0.2, 0.25) is 0 Å². The Balaban J connectivity index is 0.792. The molecule has 0 spiro atoms. The van der Waals surface area contributed by atoms with Crippen LogP contribution in [0.5, 0.6) is 0 Å². The number of carbonyl (C=O) groups is 9. The Labute approximate surface area is 592 Å². The van der Waals surface area contributed by atoms with Crippen molar-refractivity contribution in [3.63, 3.8) is 0 Å². The summed E-state index contributed by atoms with van der Waals surface area (Å²) in [5, 5.41) is 146. The first-order chi connectivity index (χ1) is 49.2. The second kappa shape index (κ2) is 38.6. The normalized spacial score (nSPS) is 35.6. The molecule has 10 unspecified atom stereocenters. The van der Waals surface area contributed by atoms with Gasteiger partial charge in [-0.2, -0.15) is 4.98 Å². The van der Waals surface area contributed by atoms with Crippen LogP contribution in [0.25, 0.3) is 0 Å². The van der Waals surface area contributed by atoms with Crippen molar-refractivity contribution in [1.82, 2.24) is 30.4 Å². The summed E-state index contributed by atoms with van der Waals surface area (Å²) >= 11 is 1.09. The largest absolute Gasteiger partial charge is 0.477 e. The van der Waals surface area contributed by atoms with E-state index in [4.69, 9.17) is 66.9 Å². The minimum Gasteiger partial charge on any atom is -0.477 e. The maximum Gasteiger partial charge on any atom is 0.475 e. The average molecular weight is 1540 g/mol. The molecule has 0 radical (unpaired) electrons. The van der Waals surface area contributed by atoms with E-state index in [-0.39, 0.29) is 69.7 Å². The molecular weight excluding hydrogens is 1450 g/mol. The van der Waals surface area contributed by atoms with Gasteiger partial charge in [0, 0.05) is 71.3 Å². The van der Waals surface area contributed by atoms with Gasteiger partial charge in [0.25, 0.3) is 18.7 Å². The zero-order valence-corrected chi connectivity index (χ0v) is 57.1. The molecule has 5 amide bonds. The minimum absolute atomic E-state index is 0.0190. The van der Waals surface area contributed by atoms with Crippen LogP contribution >= 0.6 is 19.6 Å². The van der Waals surface area contributed by atoms with Gasteiger partial charge in [0.15, 0.2) is 37.0 Å². The molecule has 27 atom stereocenters. The number of phosphoric acid groups is 1. The molecule has 1 aromatic rings. The van der Waals surface area contributed by atoms with Crippen molar-refractivity contribution in [2.45, 2.75) is 211 Å². The average Bonchev–Trinajstić information content (AvgIpc) is 1.04. The highest BCUT2D eigenvalue weighted by Gasteiger charge is 2.60. The molecule has 7 heterocycles. The van der Waals surface area contributed by atoms with Crippen molar-refractivity contribution >= 4 is 79.6 Å². The number of carboxylic acid groups (broad SMARTS) is 1. The van der Waals surface area contributed by atoms with Crippen molar-refractivity contribution in [3.8, 4) is 0 Å². The Kier molecular flexibility index (Phi) is 31.7. The Hall–Kier alpha value is -6.07. The number of thioether (sulfide) groups is 1. The van der Waals surface area contributed by atoms with Crippen molar-refractivity contribution < 1.29 is 180 Å². The van der Waals surface area contributed by atoms with Gasteiger partial charge < -0.3 is 145 Å². The molecule has 7 rings (SSSR count). The number of imide groups is 1. The zero-order chi connectivity index (χ0) is 76.7. The van der Waals surface area contributed by atoms with Crippen molar-refractivity contribution in [3.05, 3.63) is 22.7 Å². The molecule has 45 nitrogen and oxygen atoms in total. The fourth-order valence-electron chi connectivity index (χ4n) is 12.0. The van der Waals surface area contributed by atoms with Crippen LogP contribution in [-0.4, -0.2) is 345 Å². The molecule has 588 valence electrons. The number of nitrogens with two attached hydrogens (primary N) is 1. The number of methoxy groups -OCH3 is 1. The number of aliphatic hydroxyl groups is 12. The lowest BCUT2D eigenvalue weighted by Gasteiger charge is -2.49. The third-order valence-corrected chi connectivity index (χ3v) is 19.6. The van der Waals surface area contributed by atoms with Gasteiger partial charge in [-0.05, 0) is 31.1 Å². The Morgan fingerprint density at radius 2 is 1.45 bits per heavy atom. The summed E-state index contributed by atoms with van der Waals surface area (Å²) in [6.45, 7) is -3.69. The van der Waals surface area contributed by atoms with Crippen molar-refractivity contribution in [1.29, 1.82) is 0 Å². The lowest BCUT2D eigenvalue weighted by atomic mass is 9.80. The van der Waals surface area contributed by atoms with Crippen LogP contribution in [0, 0.1) is 5.92 Å². The third kappa shape index (κ3) is 21.4. The van der Waals surface area contributed by atoms with E-state index >= 15 is 0 Å². The van der Waals surface area contributed by atoms with E-state index in [1.165, 1.54) is 6.07 Å². The second-order valence-corrected chi connectivity index (χ2v) is 27.2. The molecule has 6 aliphatic rings. The first-order valence-electron chi connectivity index (χ1n) is 32.2. The number of Topliss-reactive ketones (excluding diaryl/α,β-unsaturated/α-hetero) is 1. The van der Waals surface area contributed by atoms with E-state index in [2.05, 4.69) is 20.9 Å². The summed E-state index contributed by atoms with van der Waals surface area (Å²) in [5.41, 5.74) is 4.48. The number of nitrogen functional groups attached to an aromatic ring is 1. The number of nitrogens with zero attached hydrogens (tertiary/aromatic N) is 3. The molecule has 6 saturated heterocycles. The highest BCUT2D eigenvalue weighted by molar-refractivity contribution is 8.00. The summed E-state index contributed by atoms with van der Waals surface area (Å²) in [7, 11) is -4.57. The molecule has 6 fully saturated rings. The number of rotatable bonds is 39. The van der Waals surface area contributed by atoms with E-state index in [1.807, 2.05) is 0 Å². The molecule has 0 saturated carbocycles. The number of aromatic nitrogens is 2. The number of hydrogen-bond acceptors (Lipinski definition) is 39. The van der Waals surface area contributed by atoms with Gasteiger partial charge in [-0.15, -0.1) is 11.8 Å². The molecule has 0 aromatic carbocycles. The van der Waals surface area contributed by atoms with E-state index < -0.39 is 265 Å². The van der Waals surface area contributed by atoms with E-state index in [0.29, 0.717) is 0 Å².